The van der Waals surface area contributed by atoms with Gasteiger partial charge in [-0.25, -0.2) is 0 Å². The maximum atomic E-state index is 12.3. The number of Topliss-reactive ketones (excluding diaryl/α,β-unsaturated/α-hetero) is 1. The molecule has 0 aliphatic carbocycles. The van der Waals surface area contributed by atoms with Gasteiger partial charge in [-0.1, -0.05) is 42.0 Å². The maximum absolute atomic E-state index is 12.3. The fourth-order valence-corrected chi connectivity index (χ4v) is 3.70. The zero-order valence-corrected chi connectivity index (χ0v) is 16.9. The molecule has 1 aliphatic rings. The molecule has 0 unspecified atom stereocenters. The Morgan fingerprint density at radius 2 is 1.67 bits per heavy atom. The minimum Gasteiger partial charge on any atom is -0.406 e. The topological polar surface area (TPSA) is 49.8 Å². The molecule has 1 saturated heterocycles. The number of benzene rings is 2. The number of likely N-dealkylation sites (tertiary alicyclic amines) is 1. The van der Waals surface area contributed by atoms with Gasteiger partial charge in [-0.15, -0.1) is 13.2 Å². The van der Waals surface area contributed by atoms with Crippen LogP contribution in [0.5, 0.6) is 5.75 Å². The second-order valence-electron chi connectivity index (χ2n) is 7.97. The van der Waals surface area contributed by atoms with Crippen LogP contribution in [-0.4, -0.2) is 47.4 Å². The molecule has 1 heterocycles. The summed E-state index contributed by atoms with van der Waals surface area (Å²) in [6.07, 6.45) is -2.82. The van der Waals surface area contributed by atoms with Crippen molar-refractivity contribution in [1.29, 1.82) is 0 Å². The molecule has 0 spiro atoms. The molecule has 7 heteroatoms. The Morgan fingerprint density at radius 1 is 1.07 bits per heavy atom. The molecule has 0 aromatic heterocycles. The summed E-state index contributed by atoms with van der Waals surface area (Å²) in [4.78, 5) is 14.5. The van der Waals surface area contributed by atoms with E-state index in [1.165, 1.54) is 12.1 Å². The van der Waals surface area contributed by atoms with Crippen molar-refractivity contribution in [2.45, 2.75) is 44.6 Å². The molecule has 0 bridgehead atoms. The van der Waals surface area contributed by atoms with E-state index in [1.807, 2.05) is 31.2 Å². The molecule has 1 N–H and O–H groups in total. The summed E-state index contributed by atoms with van der Waals surface area (Å²) in [5.41, 5.74) is 1.69. The normalized spacial score (nSPS) is 17.0. The predicted molar refractivity (Wildman–Crippen MR) is 108 cm³/mol. The lowest BCUT2D eigenvalue weighted by atomic mass is 9.85. The number of halogens is 3. The van der Waals surface area contributed by atoms with Gasteiger partial charge in [0.15, 0.2) is 5.78 Å². The van der Waals surface area contributed by atoms with Crippen molar-refractivity contribution in [3.63, 3.8) is 0 Å². The van der Waals surface area contributed by atoms with Gasteiger partial charge in [-0.05, 0) is 37.5 Å². The monoisotopic (exact) mass is 421 g/mol. The lowest BCUT2D eigenvalue weighted by Crippen LogP contribution is -2.46. The Hall–Kier alpha value is -2.38. The summed E-state index contributed by atoms with van der Waals surface area (Å²) in [6.45, 7) is 3.97. The molecule has 0 radical (unpaired) electrons. The first-order chi connectivity index (χ1) is 14.1. The first kappa shape index (κ1) is 22.3. The highest BCUT2D eigenvalue weighted by molar-refractivity contribution is 5.96. The van der Waals surface area contributed by atoms with E-state index in [9.17, 15) is 23.1 Å². The van der Waals surface area contributed by atoms with Crippen molar-refractivity contribution in [2.24, 2.45) is 0 Å². The van der Waals surface area contributed by atoms with Gasteiger partial charge in [0.1, 0.15) is 5.75 Å². The van der Waals surface area contributed by atoms with Gasteiger partial charge in [0.05, 0.1) is 5.60 Å². The van der Waals surface area contributed by atoms with Gasteiger partial charge in [0, 0.05) is 38.0 Å². The number of alkyl halides is 3. The van der Waals surface area contributed by atoms with E-state index in [4.69, 9.17) is 0 Å². The fourth-order valence-electron chi connectivity index (χ4n) is 3.70. The van der Waals surface area contributed by atoms with E-state index in [0.717, 1.165) is 11.1 Å². The van der Waals surface area contributed by atoms with Crippen LogP contribution < -0.4 is 4.74 Å². The van der Waals surface area contributed by atoms with Gasteiger partial charge in [0.25, 0.3) is 0 Å². The SMILES string of the molecule is Cc1ccc(C(=O)CCN2CCC(O)(Cc3ccc(OC(F)(F)F)cc3)CC2)cc1. The minimum atomic E-state index is -4.71. The molecule has 0 amide bonds. The molecule has 162 valence electrons. The molecule has 30 heavy (non-hydrogen) atoms. The Kier molecular flexibility index (Phi) is 6.83. The van der Waals surface area contributed by atoms with E-state index in [1.54, 1.807) is 12.1 Å². The van der Waals surface area contributed by atoms with Gasteiger partial charge >= 0.3 is 6.36 Å². The Morgan fingerprint density at radius 3 is 2.23 bits per heavy atom. The van der Waals surface area contributed by atoms with E-state index in [0.29, 0.717) is 50.9 Å². The van der Waals surface area contributed by atoms with Crippen LogP contribution >= 0.6 is 0 Å². The Bertz CT molecular complexity index is 839. The van der Waals surface area contributed by atoms with Crippen molar-refractivity contribution < 1.29 is 27.8 Å². The summed E-state index contributed by atoms with van der Waals surface area (Å²) in [5, 5.41) is 10.9. The third kappa shape index (κ3) is 6.57. The molecule has 2 aromatic rings. The predicted octanol–water partition coefficient (Wildman–Crippen LogP) is 4.54. The molecule has 2 aromatic carbocycles. The minimum absolute atomic E-state index is 0.108. The average molecular weight is 421 g/mol. The van der Waals surface area contributed by atoms with Gasteiger partial charge < -0.3 is 14.7 Å². The van der Waals surface area contributed by atoms with Crippen LogP contribution in [0.2, 0.25) is 0 Å². The lowest BCUT2D eigenvalue weighted by Gasteiger charge is -2.38. The molecular weight excluding hydrogens is 395 g/mol. The van der Waals surface area contributed by atoms with Crippen molar-refractivity contribution in [2.75, 3.05) is 19.6 Å². The summed E-state index contributed by atoms with van der Waals surface area (Å²) >= 11 is 0. The van der Waals surface area contributed by atoms with Gasteiger partial charge in [-0.2, -0.15) is 0 Å². The number of rotatable bonds is 7. The molecule has 3 rings (SSSR count). The van der Waals surface area contributed by atoms with Crippen LogP contribution in [0.4, 0.5) is 13.2 Å². The molecule has 1 aliphatic heterocycles. The van der Waals surface area contributed by atoms with Crippen LogP contribution in [0.3, 0.4) is 0 Å². The number of hydrogen-bond donors (Lipinski definition) is 1. The smallest absolute Gasteiger partial charge is 0.406 e. The van der Waals surface area contributed by atoms with Crippen LogP contribution in [0.15, 0.2) is 48.5 Å². The zero-order chi connectivity index (χ0) is 21.8. The number of piperidine rings is 1. The summed E-state index contributed by atoms with van der Waals surface area (Å²) < 4.78 is 40.6. The Labute approximate surface area is 174 Å². The quantitative estimate of drug-likeness (QED) is 0.667. The largest absolute Gasteiger partial charge is 0.573 e. The molecule has 1 fully saturated rings. The first-order valence-corrected chi connectivity index (χ1v) is 10.0. The third-order valence-electron chi connectivity index (χ3n) is 5.51. The fraction of sp³-hybridized carbons (Fsp3) is 0.435. The molecule has 0 atom stereocenters. The van der Waals surface area contributed by atoms with Crippen LogP contribution in [0.25, 0.3) is 0 Å². The summed E-state index contributed by atoms with van der Waals surface area (Å²) in [5.74, 6) is -0.164. The highest BCUT2D eigenvalue weighted by Gasteiger charge is 2.33. The second kappa shape index (κ2) is 9.18. The van der Waals surface area contributed by atoms with Crippen LogP contribution in [0.1, 0.15) is 40.7 Å². The lowest BCUT2D eigenvalue weighted by molar-refractivity contribution is -0.274. The van der Waals surface area contributed by atoms with Crippen molar-refractivity contribution in [3.05, 3.63) is 65.2 Å². The molecule has 0 saturated carbocycles. The second-order valence-corrected chi connectivity index (χ2v) is 7.97. The average Bonchev–Trinajstić information content (AvgIpc) is 2.68. The van der Waals surface area contributed by atoms with Crippen LogP contribution in [0, 0.1) is 6.92 Å². The van der Waals surface area contributed by atoms with Crippen molar-refractivity contribution in [1.82, 2.24) is 4.90 Å². The number of aryl methyl sites for hydroxylation is 1. The maximum Gasteiger partial charge on any atom is 0.573 e. The zero-order valence-electron chi connectivity index (χ0n) is 16.9. The first-order valence-electron chi connectivity index (χ1n) is 10.0. The molecule has 4 nitrogen and oxygen atoms in total. The van der Waals surface area contributed by atoms with Crippen molar-refractivity contribution >= 4 is 5.78 Å². The number of hydrogen-bond acceptors (Lipinski definition) is 4. The van der Waals surface area contributed by atoms with Gasteiger partial charge in [0.2, 0.25) is 0 Å². The van der Waals surface area contributed by atoms with E-state index in [-0.39, 0.29) is 11.5 Å². The Balaban J connectivity index is 1.45. The van der Waals surface area contributed by atoms with Crippen molar-refractivity contribution in [3.8, 4) is 5.75 Å². The number of nitrogens with zero attached hydrogens (tertiary/aromatic N) is 1. The van der Waals surface area contributed by atoms with E-state index < -0.39 is 12.0 Å². The number of carbonyl (C=O) groups is 1. The van der Waals surface area contributed by atoms with E-state index >= 15 is 0 Å². The standard InChI is InChI=1S/C23H26F3NO3/c1-17-2-6-19(7-3-17)21(28)10-13-27-14-11-22(29,12-15-27)16-18-4-8-20(9-5-18)30-23(24,25)26/h2-9,29H,10-16H2,1H3. The van der Waals surface area contributed by atoms with Gasteiger partial charge in [-0.3, -0.25) is 4.79 Å². The summed E-state index contributed by atoms with van der Waals surface area (Å²) in [7, 11) is 0. The highest BCUT2D eigenvalue weighted by atomic mass is 19.4. The summed E-state index contributed by atoms with van der Waals surface area (Å²) in [6, 6.07) is 13.2. The number of ketones is 1. The van der Waals surface area contributed by atoms with E-state index in [2.05, 4.69) is 9.64 Å². The number of carbonyl (C=O) groups excluding carboxylic acids is 1. The van der Waals surface area contributed by atoms with Crippen LogP contribution in [-0.2, 0) is 6.42 Å². The number of aliphatic hydroxyl groups is 1. The molecular formula is C23H26F3NO3. The highest BCUT2D eigenvalue weighted by Crippen LogP contribution is 2.28. The third-order valence-corrected chi connectivity index (χ3v) is 5.51. The number of ether oxygens (including phenoxy) is 1.